The van der Waals surface area contributed by atoms with E-state index in [-0.39, 0.29) is 0 Å². The largest absolute Gasteiger partial charge is 0.113 e. The molecular formula is C5H6ClP. The van der Waals surface area contributed by atoms with Crippen LogP contribution in [0.25, 0.3) is 0 Å². The summed E-state index contributed by atoms with van der Waals surface area (Å²) < 4.78 is 0. The Bertz CT molecular complexity index is 107. The first-order chi connectivity index (χ1) is 3.39. The minimum absolute atomic E-state index is 0.338. The maximum atomic E-state index is 5.72. The molecule has 0 nitrogen and oxygen atoms in total. The van der Waals surface area contributed by atoms with Gasteiger partial charge in [-0.25, -0.2) is 0 Å². The Balaban J connectivity index is 2.49. The fourth-order valence-corrected chi connectivity index (χ4v) is 1.41. The zero-order valence-electron chi connectivity index (χ0n) is 3.84. The Morgan fingerprint density at radius 3 is 2.86 bits per heavy atom. The maximum Gasteiger partial charge on any atom is 0.0785 e. The quantitative estimate of drug-likeness (QED) is 0.350. The molecule has 2 heteroatoms. The summed E-state index contributed by atoms with van der Waals surface area (Å²) in [5.74, 6) is 2.07. The van der Waals surface area contributed by atoms with Gasteiger partial charge >= 0.3 is 0 Å². The van der Waals surface area contributed by atoms with Gasteiger partial charge in [0.25, 0.3) is 0 Å². The van der Waals surface area contributed by atoms with Gasteiger partial charge in [0.15, 0.2) is 0 Å². The van der Waals surface area contributed by atoms with Crippen LogP contribution in [0.1, 0.15) is 6.42 Å². The van der Waals surface area contributed by atoms with Crippen LogP contribution in [0.3, 0.4) is 0 Å². The molecule has 1 rings (SSSR count). The zero-order valence-corrected chi connectivity index (χ0v) is 5.49. The molecule has 1 aliphatic rings. The fourth-order valence-electron chi connectivity index (χ4n) is 0.456. The van der Waals surface area contributed by atoms with Crippen molar-refractivity contribution in [3.63, 3.8) is 0 Å². The second kappa shape index (κ2) is 2.49. The molecular weight excluding hydrogens is 126 g/mol. The lowest BCUT2D eigenvalue weighted by Gasteiger charge is -1.98. The van der Waals surface area contributed by atoms with E-state index >= 15 is 0 Å². The number of hydrogen-bond donors (Lipinski definition) is 0. The van der Waals surface area contributed by atoms with Crippen molar-refractivity contribution >= 4 is 25.6 Å². The number of allylic oxidation sites excluding steroid dienone is 2. The van der Waals surface area contributed by atoms with Crippen molar-refractivity contribution in [3.8, 4) is 0 Å². The van der Waals surface area contributed by atoms with Gasteiger partial charge in [-0.05, 0) is 12.2 Å². The van der Waals surface area contributed by atoms with E-state index in [1.54, 1.807) is 0 Å². The second-order valence-electron chi connectivity index (χ2n) is 1.40. The Morgan fingerprint density at radius 1 is 1.71 bits per heavy atom. The molecule has 1 heterocycles. The highest BCUT2D eigenvalue weighted by Gasteiger charge is 1.96. The SMILES string of the molecule is ClC1CC=CC=P1. The highest BCUT2D eigenvalue weighted by Crippen LogP contribution is 2.19. The Morgan fingerprint density at radius 2 is 2.57 bits per heavy atom. The maximum absolute atomic E-state index is 5.72. The van der Waals surface area contributed by atoms with E-state index in [0.29, 0.717) is 5.12 Å². The van der Waals surface area contributed by atoms with Crippen LogP contribution in [0.5, 0.6) is 0 Å². The highest BCUT2D eigenvalue weighted by molar-refractivity contribution is 7.42. The topological polar surface area (TPSA) is 0 Å². The molecule has 0 spiro atoms. The van der Waals surface area contributed by atoms with Gasteiger partial charge in [-0.3, -0.25) is 0 Å². The summed E-state index contributed by atoms with van der Waals surface area (Å²) in [6, 6.07) is 0. The third-order valence-electron chi connectivity index (χ3n) is 0.801. The second-order valence-corrected chi connectivity index (χ2v) is 3.45. The highest BCUT2D eigenvalue weighted by atomic mass is 35.5. The van der Waals surface area contributed by atoms with E-state index in [9.17, 15) is 0 Å². The molecule has 0 amide bonds. The molecule has 0 radical (unpaired) electrons. The van der Waals surface area contributed by atoms with Gasteiger partial charge in [0.05, 0.1) is 5.12 Å². The van der Waals surface area contributed by atoms with Crippen molar-refractivity contribution < 1.29 is 0 Å². The molecule has 0 saturated carbocycles. The summed E-state index contributed by atoms with van der Waals surface area (Å²) in [6.07, 6.45) is 5.17. The van der Waals surface area contributed by atoms with Crippen LogP contribution in [-0.2, 0) is 0 Å². The van der Waals surface area contributed by atoms with Crippen molar-refractivity contribution in [3.05, 3.63) is 12.2 Å². The molecule has 1 aliphatic heterocycles. The fraction of sp³-hybridized carbons (Fsp3) is 0.400. The van der Waals surface area contributed by atoms with Crippen molar-refractivity contribution in [2.45, 2.75) is 11.5 Å². The smallest absolute Gasteiger partial charge is 0.0785 e. The Hall–Kier alpha value is 0.200. The number of alkyl halides is 1. The van der Waals surface area contributed by atoms with Gasteiger partial charge in [-0.2, -0.15) is 0 Å². The molecule has 38 valence electrons. The number of halogens is 1. The molecule has 0 aromatic carbocycles. The van der Waals surface area contributed by atoms with Gasteiger partial charge in [-0.1, -0.05) is 20.4 Å². The summed E-state index contributed by atoms with van der Waals surface area (Å²) in [4.78, 5) is 0. The van der Waals surface area contributed by atoms with Crippen LogP contribution in [0.15, 0.2) is 12.2 Å². The molecule has 0 aliphatic carbocycles. The van der Waals surface area contributed by atoms with Crippen LogP contribution in [0.2, 0.25) is 0 Å². The molecule has 0 fully saturated rings. The number of hydrogen-bond acceptors (Lipinski definition) is 0. The molecule has 0 aromatic rings. The molecule has 0 N–H and O–H groups in total. The predicted octanol–water partition coefficient (Wildman–Crippen LogP) is 2.26. The first kappa shape index (κ1) is 5.34. The molecule has 0 bridgehead atoms. The molecule has 1 atom stereocenters. The van der Waals surface area contributed by atoms with Gasteiger partial charge in [0.2, 0.25) is 0 Å². The summed E-state index contributed by atoms with van der Waals surface area (Å²) in [5, 5.41) is 0.338. The minimum atomic E-state index is 0.338. The van der Waals surface area contributed by atoms with Gasteiger partial charge in [0, 0.05) is 0 Å². The van der Waals surface area contributed by atoms with E-state index in [1.165, 1.54) is 8.20 Å². The third-order valence-corrected chi connectivity index (χ3v) is 2.20. The van der Waals surface area contributed by atoms with E-state index in [4.69, 9.17) is 11.6 Å². The number of rotatable bonds is 0. The standard InChI is InChI=1S/C5H6ClP/c6-5-3-1-2-4-7-5/h1-2,4-5H,3H2. The van der Waals surface area contributed by atoms with Crippen LogP contribution in [-0.4, -0.2) is 10.9 Å². The summed E-state index contributed by atoms with van der Waals surface area (Å²) in [5.41, 5.74) is 0. The first-order valence-corrected chi connectivity index (χ1v) is 3.69. The molecule has 1 unspecified atom stereocenters. The summed E-state index contributed by atoms with van der Waals surface area (Å²) in [6.45, 7) is 0. The van der Waals surface area contributed by atoms with Gasteiger partial charge in [-0.15, -0.1) is 11.6 Å². The van der Waals surface area contributed by atoms with Crippen molar-refractivity contribution in [1.29, 1.82) is 0 Å². The lowest BCUT2D eigenvalue weighted by atomic mass is 10.4. The van der Waals surface area contributed by atoms with E-state index < -0.39 is 0 Å². The first-order valence-electron chi connectivity index (χ1n) is 2.22. The van der Waals surface area contributed by atoms with E-state index in [1.807, 2.05) is 0 Å². The molecule has 0 aromatic heterocycles. The van der Waals surface area contributed by atoms with Crippen molar-refractivity contribution in [2.24, 2.45) is 0 Å². The van der Waals surface area contributed by atoms with Crippen molar-refractivity contribution in [1.82, 2.24) is 0 Å². The molecule has 7 heavy (non-hydrogen) atoms. The van der Waals surface area contributed by atoms with Gasteiger partial charge in [0.1, 0.15) is 0 Å². The average Bonchev–Trinajstić information content (AvgIpc) is 1.69. The van der Waals surface area contributed by atoms with E-state index in [0.717, 1.165) is 6.42 Å². The van der Waals surface area contributed by atoms with Crippen LogP contribution >= 0.6 is 19.8 Å². The minimum Gasteiger partial charge on any atom is -0.113 e. The normalized spacial score (nSPS) is 30.7. The van der Waals surface area contributed by atoms with Crippen LogP contribution in [0.4, 0.5) is 0 Å². The van der Waals surface area contributed by atoms with Gasteiger partial charge < -0.3 is 0 Å². The monoisotopic (exact) mass is 132 g/mol. The lowest BCUT2D eigenvalue weighted by Crippen LogP contribution is -1.86. The van der Waals surface area contributed by atoms with Crippen LogP contribution < -0.4 is 0 Å². The third kappa shape index (κ3) is 1.63. The van der Waals surface area contributed by atoms with Crippen LogP contribution in [0, 0.1) is 0 Å². The Labute approximate surface area is 50.0 Å². The van der Waals surface area contributed by atoms with E-state index in [2.05, 4.69) is 17.9 Å². The summed E-state index contributed by atoms with van der Waals surface area (Å²) in [7, 11) is 1.25. The molecule has 0 saturated heterocycles. The van der Waals surface area contributed by atoms with Crippen molar-refractivity contribution in [2.75, 3.05) is 0 Å². The zero-order chi connectivity index (χ0) is 5.11. The predicted molar refractivity (Wildman–Crippen MR) is 36.4 cm³/mol. The lowest BCUT2D eigenvalue weighted by molar-refractivity contribution is 1.17. The Kier molecular flexibility index (Phi) is 1.90. The summed E-state index contributed by atoms with van der Waals surface area (Å²) >= 11 is 5.72. The average molecular weight is 133 g/mol.